The molecule has 0 saturated heterocycles. The fraction of sp³-hybridized carbons (Fsp3) is 0.444. The van der Waals surface area contributed by atoms with Crippen molar-refractivity contribution in [3.63, 3.8) is 0 Å². The smallest absolute Gasteiger partial charge is 0.402 e. The van der Waals surface area contributed by atoms with Crippen LogP contribution in [-0.4, -0.2) is 43.9 Å². The summed E-state index contributed by atoms with van der Waals surface area (Å²) in [5.74, 6) is -7.59. The molecule has 186 valence electrons. The molecule has 0 atom stereocenters. The van der Waals surface area contributed by atoms with Gasteiger partial charge in [-0.3, -0.25) is 9.79 Å². The first kappa shape index (κ1) is 25.2. The lowest BCUT2D eigenvalue weighted by Gasteiger charge is -2.19. The van der Waals surface area contributed by atoms with Crippen LogP contribution < -0.4 is 11.1 Å². The zero-order chi connectivity index (χ0) is 25.6. The van der Waals surface area contributed by atoms with Crippen LogP contribution in [0.3, 0.4) is 0 Å². The number of carbonyl (C=O) groups is 1. The van der Waals surface area contributed by atoms with E-state index in [1.807, 2.05) is 0 Å². The van der Waals surface area contributed by atoms with Gasteiger partial charge in [-0.05, 0) is 19.8 Å². The summed E-state index contributed by atoms with van der Waals surface area (Å²) in [7, 11) is 0.756. The van der Waals surface area contributed by atoms with Gasteiger partial charge in [0.05, 0.1) is 18.0 Å². The molecule has 0 radical (unpaired) electrons. The Morgan fingerprint density at radius 3 is 2.32 bits per heavy atom. The van der Waals surface area contributed by atoms with Gasteiger partial charge in [0.2, 0.25) is 0 Å². The quantitative estimate of drug-likeness (QED) is 0.361. The Hall–Kier alpha value is -3.46. The minimum Gasteiger partial charge on any atom is -0.402 e. The molecule has 1 aliphatic carbocycles. The van der Waals surface area contributed by atoms with Gasteiger partial charge >= 0.3 is 18.3 Å². The average Bonchev–Trinajstić information content (AvgIpc) is 3.23. The highest BCUT2D eigenvalue weighted by atomic mass is 19.4. The summed E-state index contributed by atoms with van der Waals surface area (Å²) in [6.45, 7) is 1.42. The van der Waals surface area contributed by atoms with Gasteiger partial charge in [0.1, 0.15) is 11.3 Å². The van der Waals surface area contributed by atoms with E-state index in [1.165, 1.54) is 6.92 Å². The highest BCUT2D eigenvalue weighted by Crippen LogP contribution is 2.49. The highest BCUT2D eigenvalue weighted by Gasteiger charge is 2.64. The van der Waals surface area contributed by atoms with Gasteiger partial charge in [0, 0.05) is 25.0 Å². The molecule has 1 aliphatic rings. The van der Waals surface area contributed by atoms with Crippen LogP contribution in [0.15, 0.2) is 28.7 Å². The van der Waals surface area contributed by atoms with Crippen LogP contribution in [0.1, 0.15) is 31.0 Å². The number of nitrogens with zero attached hydrogens (tertiary/aromatic N) is 5. The number of alkyl halides is 8. The van der Waals surface area contributed by atoms with Gasteiger partial charge in [0.25, 0.3) is 5.91 Å². The maximum atomic E-state index is 13.8. The minimum atomic E-state index is -6.32. The number of hydrogen-bond acceptors (Lipinski definition) is 5. The molecular weight excluding hydrogens is 482 g/mol. The van der Waals surface area contributed by atoms with E-state index >= 15 is 0 Å². The van der Waals surface area contributed by atoms with Gasteiger partial charge in [-0.1, -0.05) is 0 Å². The van der Waals surface area contributed by atoms with E-state index in [9.17, 15) is 39.9 Å². The van der Waals surface area contributed by atoms with Crippen LogP contribution in [0, 0.1) is 0 Å². The van der Waals surface area contributed by atoms with E-state index in [0.717, 1.165) is 38.5 Å². The van der Waals surface area contributed by atoms with Crippen LogP contribution in [0.2, 0.25) is 0 Å². The fourth-order valence-corrected chi connectivity index (χ4v) is 2.86. The molecule has 34 heavy (non-hydrogen) atoms. The standard InChI is InChI=1S/C18H17F8N7O/c1-8(27)11(14(34)30-9-3-4-9)6-28-10-5-29-33(7-10)15-12(17(21,22)23)13(31-32(15)2)16(19,20)18(24,25)26/h5-7,9H,3-4,27H2,1-2H3,(H,30,34). The number of aromatic nitrogens is 4. The molecule has 2 aromatic rings. The zero-order valence-corrected chi connectivity index (χ0v) is 17.5. The molecule has 16 heteroatoms. The largest absolute Gasteiger partial charge is 0.459 e. The van der Waals surface area contributed by atoms with E-state index in [0.29, 0.717) is 4.68 Å². The second kappa shape index (κ2) is 8.39. The zero-order valence-electron chi connectivity index (χ0n) is 17.5. The Morgan fingerprint density at radius 2 is 1.82 bits per heavy atom. The number of aryl methyl sites for hydroxylation is 1. The third-order valence-corrected chi connectivity index (χ3v) is 4.66. The number of halogens is 8. The summed E-state index contributed by atoms with van der Waals surface area (Å²) >= 11 is 0. The third-order valence-electron chi connectivity index (χ3n) is 4.66. The van der Waals surface area contributed by atoms with Crippen LogP contribution in [0.5, 0.6) is 0 Å². The van der Waals surface area contributed by atoms with Crippen molar-refractivity contribution in [1.82, 2.24) is 24.9 Å². The lowest BCUT2D eigenvalue weighted by Crippen LogP contribution is -2.36. The molecule has 3 rings (SSSR count). The van der Waals surface area contributed by atoms with Crippen LogP contribution in [0.25, 0.3) is 5.82 Å². The number of amides is 1. The summed E-state index contributed by atoms with van der Waals surface area (Å²) in [6.07, 6.45) is -7.57. The minimum absolute atomic E-state index is 0.00709. The lowest BCUT2D eigenvalue weighted by molar-refractivity contribution is -0.292. The van der Waals surface area contributed by atoms with Gasteiger partial charge in [-0.2, -0.15) is 45.3 Å². The van der Waals surface area contributed by atoms with Crippen molar-refractivity contribution in [2.24, 2.45) is 17.8 Å². The summed E-state index contributed by atoms with van der Waals surface area (Å²) in [5, 5.41) is 9.05. The van der Waals surface area contributed by atoms with Gasteiger partial charge in [-0.15, -0.1) is 0 Å². The Morgan fingerprint density at radius 1 is 1.21 bits per heavy atom. The van der Waals surface area contributed by atoms with Crippen LogP contribution in [-0.2, 0) is 23.9 Å². The van der Waals surface area contributed by atoms with Crippen molar-refractivity contribution >= 4 is 17.8 Å². The van der Waals surface area contributed by atoms with Crippen LogP contribution in [0.4, 0.5) is 40.8 Å². The third kappa shape index (κ3) is 4.89. The Bertz CT molecular complexity index is 1150. The second-order valence-electron chi connectivity index (χ2n) is 7.49. The molecule has 1 saturated carbocycles. The van der Waals surface area contributed by atoms with Crippen molar-refractivity contribution < 1.29 is 39.9 Å². The topological polar surface area (TPSA) is 103 Å². The lowest BCUT2D eigenvalue weighted by atomic mass is 10.1. The molecule has 2 heterocycles. The number of aliphatic imine (C=N–C) groups is 1. The molecular formula is C18H17F8N7O. The maximum Gasteiger partial charge on any atom is 0.459 e. The molecule has 1 amide bonds. The molecule has 0 aliphatic heterocycles. The van der Waals surface area contributed by atoms with Crippen molar-refractivity contribution in [3.8, 4) is 5.82 Å². The molecule has 3 N–H and O–H groups in total. The first-order chi connectivity index (χ1) is 15.5. The van der Waals surface area contributed by atoms with E-state index in [-0.39, 0.29) is 27.7 Å². The van der Waals surface area contributed by atoms with E-state index in [2.05, 4.69) is 20.5 Å². The van der Waals surface area contributed by atoms with E-state index in [1.54, 1.807) is 0 Å². The Balaban J connectivity index is 2.01. The summed E-state index contributed by atoms with van der Waals surface area (Å²) in [4.78, 5) is 16.1. The van der Waals surface area contributed by atoms with Gasteiger partial charge < -0.3 is 11.1 Å². The first-order valence-electron chi connectivity index (χ1n) is 9.49. The molecule has 8 nitrogen and oxygen atoms in total. The van der Waals surface area contributed by atoms with E-state index < -0.39 is 41.3 Å². The first-order valence-corrected chi connectivity index (χ1v) is 9.49. The maximum absolute atomic E-state index is 13.8. The SMILES string of the molecule is CC(N)=C(C=Nc1cnn(-c2c(C(F)(F)F)c(C(F)(F)C(F)(F)F)nn2C)c1)C(=O)NC1CC1. The monoisotopic (exact) mass is 499 g/mol. The fourth-order valence-electron chi connectivity index (χ4n) is 2.86. The number of nitrogens with two attached hydrogens (primary N) is 1. The van der Waals surface area contributed by atoms with Crippen molar-refractivity contribution in [1.29, 1.82) is 0 Å². The summed E-state index contributed by atoms with van der Waals surface area (Å²) in [6, 6.07) is 0.00709. The summed E-state index contributed by atoms with van der Waals surface area (Å²) in [5.41, 5.74) is 0.782. The molecule has 0 unspecified atom stereocenters. The number of hydrogen-bond donors (Lipinski definition) is 2. The van der Waals surface area contributed by atoms with E-state index in [4.69, 9.17) is 5.73 Å². The predicted molar refractivity (Wildman–Crippen MR) is 101 cm³/mol. The average molecular weight is 499 g/mol. The normalized spacial score (nSPS) is 16.2. The van der Waals surface area contributed by atoms with Crippen molar-refractivity contribution in [2.45, 2.75) is 44.1 Å². The molecule has 0 bridgehead atoms. The molecule has 0 aromatic carbocycles. The number of nitrogens with one attached hydrogen (secondary N) is 1. The Kier molecular flexibility index (Phi) is 6.21. The highest BCUT2D eigenvalue weighted by molar-refractivity contribution is 6.13. The Labute approximate surface area is 186 Å². The van der Waals surface area contributed by atoms with Gasteiger partial charge in [0.15, 0.2) is 11.5 Å². The number of rotatable bonds is 6. The van der Waals surface area contributed by atoms with Crippen molar-refractivity contribution in [3.05, 3.63) is 34.9 Å². The molecule has 0 spiro atoms. The molecule has 2 aromatic heterocycles. The predicted octanol–water partition coefficient (Wildman–Crippen LogP) is 3.49. The summed E-state index contributed by atoms with van der Waals surface area (Å²) < 4.78 is 107. The van der Waals surface area contributed by atoms with Crippen LogP contribution >= 0.6 is 0 Å². The second-order valence-corrected chi connectivity index (χ2v) is 7.49. The molecule has 1 fully saturated rings. The number of allylic oxidation sites excluding steroid dienone is 1. The number of carbonyl (C=O) groups excluding carboxylic acids is 1. The van der Waals surface area contributed by atoms with Gasteiger partial charge in [-0.25, -0.2) is 9.36 Å². The van der Waals surface area contributed by atoms with Crippen molar-refractivity contribution in [2.75, 3.05) is 0 Å².